The number of pyridine rings is 1. The van der Waals surface area contributed by atoms with Gasteiger partial charge in [-0.1, -0.05) is 12.1 Å². The van der Waals surface area contributed by atoms with Crippen LogP contribution in [0.25, 0.3) is 16.9 Å². The highest BCUT2D eigenvalue weighted by molar-refractivity contribution is 7.99. The summed E-state index contributed by atoms with van der Waals surface area (Å²) in [6.07, 6.45) is 3.93. The van der Waals surface area contributed by atoms with Crippen molar-refractivity contribution in [3.63, 3.8) is 0 Å². The normalized spacial score (nSPS) is 16.2. The quantitative estimate of drug-likeness (QED) is 0.670. The van der Waals surface area contributed by atoms with E-state index in [1.54, 1.807) is 12.5 Å². The third-order valence-electron chi connectivity index (χ3n) is 4.16. The van der Waals surface area contributed by atoms with Crippen LogP contribution in [0.3, 0.4) is 0 Å². The number of nitrogens with zero attached hydrogens (tertiary/aromatic N) is 3. The second-order valence-corrected chi connectivity index (χ2v) is 7.14. The van der Waals surface area contributed by atoms with E-state index in [1.165, 1.54) is 0 Å². The Balaban J connectivity index is 0.00000131. The number of halogens is 2. The highest BCUT2D eigenvalue weighted by Gasteiger charge is 2.16. The van der Waals surface area contributed by atoms with E-state index >= 15 is 0 Å². The summed E-state index contributed by atoms with van der Waals surface area (Å²) in [5, 5.41) is 6.30. The number of aromatic nitrogens is 3. The zero-order valence-corrected chi connectivity index (χ0v) is 16.9. The van der Waals surface area contributed by atoms with Crippen LogP contribution in [0, 0.1) is 0 Å². The molecular formula is C18H21Cl2N5OS. The minimum atomic E-state index is 0. The van der Waals surface area contributed by atoms with Gasteiger partial charge in [0, 0.05) is 30.5 Å². The number of nitrogens with one attached hydrogen (secondary N) is 2. The second-order valence-electron chi connectivity index (χ2n) is 5.99. The fraction of sp³-hybridized carbons (Fsp3) is 0.278. The van der Waals surface area contributed by atoms with Crippen LogP contribution >= 0.6 is 36.6 Å². The van der Waals surface area contributed by atoms with E-state index in [2.05, 4.69) is 20.6 Å². The first-order valence-electron chi connectivity index (χ1n) is 8.29. The van der Waals surface area contributed by atoms with E-state index in [4.69, 9.17) is 0 Å². The van der Waals surface area contributed by atoms with Gasteiger partial charge in [-0.05, 0) is 24.3 Å². The Bertz CT molecular complexity index is 881. The molecule has 1 atom stereocenters. The number of benzene rings is 1. The van der Waals surface area contributed by atoms with Crippen molar-refractivity contribution < 1.29 is 4.79 Å². The molecule has 1 unspecified atom stereocenters. The van der Waals surface area contributed by atoms with E-state index in [0.717, 1.165) is 34.9 Å². The summed E-state index contributed by atoms with van der Waals surface area (Å²) >= 11 is 1.89. The molecule has 4 rings (SSSR count). The first kappa shape index (κ1) is 21.5. The van der Waals surface area contributed by atoms with Gasteiger partial charge in [0.1, 0.15) is 12.1 Å². The van der Waals surface area contributed by atoms with Crippen LogP contribution in [-0.4, -0.2) is 44.5 Å². The van der Waals surface area contributed by atoms with Gasteiger partial charge in [0.25, 0.3) is 0 Å². The van der Waals surface area contributed by atoms with Crippen molar-refractivity contribution >= 4 is 59.2 Å². The average molecular weight is 426 g/mol. The van der Waals surface area contributed by atoms with Crippen LogP contribution in [0.1, 0.15) is 6.42 Å². The summed E-state index contributed by atoms with van der Waals surface area (Å²) in [7, 11) is 0. The molecule has 2 N–H and O–H groups in total. The number of para-hydroxylation sites is 2. The molecule has 6 nitrogen and oxygen atoms in total. The fourth-order valence-electron chi connectivity index (χ4n) is 2.93. The number of carbonyl (C=O) groups is 1. The standard InChI is InChI=1S/C18H19N5OS.2ClH/c24-18(9-14-11-25-8-7-19-14)22-13-5-6-17(20-10-13)23-12-21-15-3-1-2-4-16(15)23;;/h1-6,10,12,14,19H,7-9,11H2,(H,22,24);2*1H. The number of anilines is 1. The van der Waals surface area contributed by atoms with Crippen molar-refractivity contribution in [2.75, 3.05) is 23.4 Å². The first-order valence-corrected chi connectivity index (χ1v) is 9.44. The predicted octanol–water partition coefficient (Wildman–Crippen LogP) is 3.30. The molecule has 0 aliphatic carbocycles. The number of amides is 1. The molecule has 1 fully saturated rings. The van der Waals surface area contributed by atoms with Gasteiger partial charge in [-0.15, -0.1) is 24.8 Å². The van der Waals surface area contributed by atoms with Crippen molar-refractivity contribution in [1.82, 2.24) is 19.9 Å². The molecule has 0 bridgehead atoms. The van der Waals surface area contributed by atoms with Gasteiger partial charge in [-0.2, -0.15) is 11.8 Å². The molecule has 1 aliphatic heterocycles. The van der Waals surface area contributed by atoms with Crippen LogP contribution in [-0.2, 0) is 4.79 Å². The molecule has 3 heterocycles. The van der Waals surface area contributed by atoms with Crippen LogP contribution in [0.4, 0.5) is 5.69 Å². The maximum atomic E-state index is 12.2. The molecule has 2 aromatic heterocycles. The second kappa shape index (κ2) is 9.94. The molecule has 0 radical (unpaired) electrons. The molecule has 27 heavy (non-hydrogen) atoms. The molecule has 0 saturated carbocycles. The number of hydrogen-bond acceptors (Lipinski definition) is 5. The average Bonchev–Trinajstić information content (AvgIpc) is 3.07. The third kappa shape index (κ3) is 5.13. The Hall–Kier alpha value is -1.80. The summed E-state index contributed by atoms with van der Waals surface area (Å²) in [5.74, 6) is 2.89. The Morgan fingerprint density at radius 3 is 2.81 bits per heavy atom. The Kier molecular flexibility index (Phi) is 7.91. The third-order valence-corrected chi connectivity index (χ3v) is 5.29. The predicted molar refractivity (Wildman–Crippen MR) is 116 cm³/mol. The van der Waals surface area contributed by atoms with Gasteiger partial charge in [0.05, 0.1) is 22.9 Å². The first-order chi connectivity index (χ1) is 12.3. The smallest absolute Gasteiger partial charge is 0.226 e. The molecule has 144 valence electrons. The summed E-state index contributed by atoms with van der Waals surface area (Å²) in [6, 6.07) is 11.9. The van der Waals surface area contributed by atoms with Gasteiger partial charge in [-0.3, -0.25) is 9.36 Å². The molecule has 1 saturated heterocycles. The lowest BCUT2D eigenvalue weighted by Crippen LogP contribution is -2.39. The number of rotatable bonds is 4. The molecule has 1 amide bonds. The van der Waals surface area contributed by atoms with Crippen molar-refractivity contribution in [2.45, 2.75) is 12.5 Å². The van der Waals surface area contributed by atoms with Gasteiger partial charge < -0.3 is 10.6 Å². The number of fused-ring (bicyclic) bond motifs is 1. The summed E-state index contributed by atoms with van der Waals surface area (Å²) < 4.78 is 1.93. The summed E-state index contributed by atoms with van der Waals surface area (Å²) in [5.41, 5.74) is 2.65. The van der Waals surface area contributed by atoms with E-state index in [9.17, 15) is 4.79 Å². The Morgan fingerprint density at radius 2 is 2.07 bits per heavy atom. The largest absolute Gasteiger partial charge is 0.325 e. The lowest BCUT2D eigenvalue weighted by Gasteiger charge is -2.22. The number of imidazole rings is 1. The zero-order chi connectivity index (χ0) is 17.1. The van der Waals surface area contributed by atoms with Crippen molar-refractivity contribution in [3.05, 3.63) is 48.9 Å². The lowest BCUT2D eigenvalue weighted by atomic mass is 10.2. The number of carbonyl (C=O) groups excluding carboxylic acids is 1. The van der Waals surface area contributed by atoms with Gasteiger partial charge in [0.2, 0.25) is 5.91 Å². The van der Waals surface area contributed by atoms with E-state index in [0.29, 0.717) is 12.1 Å². The van der Waals surface area contributed by atoms with Crippen molar-refractivity contribution in [3.8, 4) is 5.82 Å². The Morgan fingerprint density at radius 1 is 1.22 bits per heavy atom. The highest BCUT2D eigenvalue weighted by atomic mass is 35.5. The van der Waals surface area contributed by atoms with Gasteiger partial charge in [0.15, 0.2) is 0 Å². The topological polar surface area (TPSA) is 71.8 Å². The van der Waals surface area contributed by atoms with Gasteiger partial charge in [-0.25, -0.2) is 9.97 Å². The van der Waals surface area contributed by atoms with Crippen LogP contribution in [0.15, 0.2) is 48.9 Å². The minimum Gasteiger partial charge on any atom is -0.325 e. The SMILES string of the molecule is Cl.Cl.O=C(CC1CSCCN1)Nc1ccc(-n2cnc3ccccc32)nc1. The monoisotopic (exact) mass is 425 g/mol. The zero-order valence-electron chi connectivity index (χ0n) is 14.5. The molecular weight excluding hydrogens is 405 g/mol. The molecule has 3 aromatic rings. The van der Waals surface area contributed by atoms with Crippen molar-refractivity contribution in [2.24, 2.45) is 0 Å². The molecule has 9 heteroatoms. The lowest BCUT2D eigenvalue weighted by molar-refractivity contribution is -0.116. The number of hydrogen-bond donors (Lipinski definition) is 2. The maximum Gasteiger partial charge on any atom is 0.226 e. The maximum absolute atomic E-state index is 12.2. The Labute approximate surface area is 174 Å². The van der Waals surface area contributed by atoms with E-state index in [1.807, 2.05) is 52.7 Å². The molecule has 0 spiro atoms. The van der Waals surface area contributed by atoms with E-state index < -0.39 is 0 Å². The number of thioether (sulfide) groups is 1. The summed E-state index contributed by atoms with van der Waals surface area (Å²) in [4.78, 5) is 21.0. The molecule has 1 aromatic carbocycles. The van der Waals surface area contributed by atoms with Crippen LogP contribution < -0.4 is 10.6 Å². The fourth-order valence-corrected chi connectivity index (χ4v) is 3.88. The molecule has 1 aliphatic rings. The van der Waals surface area contributed by atoms with Crippen LogP contribution in [0.2, 0.25) is 0 Å². The van der Waals surface area contributed by atoms with Crippen LogP contribution in [0.5, 0.6) is 0 Å². The van der Waals surface area contributed by atoms with E-state index in [-0.39, 0.29) is 36.8 Å². The minimum absolute atomic E-state index is 0. The van der Waals surface area contributed by atoms with Crippen molar-refractivity contribution in [1.29, 1.82) is 0 Å². The highest BCUT2D eigenvalue weighted by Crippen LogP contribution is 2.18. The summed E-state index contributed by atoms with van der Waals surface area (Å²) in [6.45, 7) is 0.970. The van der Waals surface area contributed by atoms with Gasteiger partial charge >= 0.3 is 0 Å².